The SMILES string of the molecule is CCc1ccc(Oc2ccc(C(=O)N3CCC(c4ccc(C)nn4)CC3)cc2)cc1. The average Bonchev–Trinajstić information content (AvgIpc) is 2.80. The molecule has 0 saturated carbocycles. The molecule has 0 bridgehead atoms. The Bertz CT molecular complexity index is 974. The summed E-state index contributed by atoms with van der Waals surface area (Å²) in [6.07, 6.45) is 2.84. The van der Waals surface area contributed by atoms with Crippen LogP contribution in [-0.2, 0) is 6.42 Å². The molecule has 154 valence electrons. The molecule has 1 aliphatic heterocycles. The highest BCUT2D eigenvalue weighted by Crippen LogP contribution is 2.28. The maximum atomic E-state index is 12.9. The van der Waals surface area contributed by atoms with Crippen LogP contribution in [0.3, 0.4) is 0 Å². The van der Waals surface area contributed by atoms with E-state index in [4.69, 9.17) is 4.74 Å². The van der Waals surface area contributed by atoms with Crippen LogP contribution in [-0.4, -0.2) is 34.1 Å². The largest absolute Gasteiger partial charge is 0.457 e. The lowest BCUT2D eigenvalue weighted by atomic mass is 9.93. The third-order valence-corrected chi connectivity index (χ3v) is 5.69. The molecule has 0 atom stereocenters. The second kappa shape index (κ2) is 9.08. The van der Waals surface area contributed by atoms with Gasteiger partial charge in [-0.1, -0.05) is 19.1 Å². The van der Waals surface area contributed by atoms with Gasteiger partial charge >= 0.3 is 0 Å². The number of aromatic nitrogens is 2. The van der Waals surface area contributed by atoms with Crippen molar-refractivity contribution in [2.45, 2.75) is 39.0 Å². The predicted molar refractivity (Wildman–Crippen MR) is 117 cm³/mol. The van der Waals surface area contributed by atoms with E-state index in [0.717, 1.165) is 55.2 Å². The minimum Gasteiger partial charge on any atom is -0.457 e. The van der Waals surface area contributed by atoms with Crippen molar-refractivity contribution in [2.24, 2.45) is 0 Å². The molecule has 0 radical (unpaired) electrons. The lowest BCUT2D eigenvalue weighted by Gasteiger charge is -2.31. The van der Waals surface area contributed by atoms with Gasteiger partial charge < -0.3 is 9.64 Å². The van der Waals surface area contributed by atoms with Gasteiger partial charge in [-0.25, -0.2) is 0 Å². The number of rotatable bonds is 5. The molecule has 5 heteroatoms. The summed E-state index contributed by atoms with van der Waals surface area (Å²) >= 11 is 0. The van der Waals surface area contributed by atoms with Crippen molar-refractivity contribution in [2.75, 3.05) is 13.1 Å². The van der Waals surface area contributed by atoms with Crippen LogP contribution in [0, 0.1) is 6.92 Å². The Morgan fingerprint density at radius 3 is 2.13 bits per heavy atom. The standard InChI is InChI=1S/C25H27N3O2/c1-3-19-5-9-22(10-6-19)30-23-11-7-21(8-12-23)25(29)28-16-14-20(15-17-28)24-13-4-18(2)26-27-24/h4-13,20H,3,14-17H2,1-2H3. The molecular formula is C25H27N3O2. The second-order valence-corrected chi connectivity index (χ2v) is 7.79. The highest BCUT2D eigenvalue weighted by atomic mass is 16.5. The maximum Gasteiger partial charge on any atom is 0.253 e. The number of likely N-dealkylation sites (tertiary alicyclic amines) is 1. The fourth-order valence-corrected chi connectivity index (χ4v) is 3.78. The van der Waals surface area contributed by atoms with E-state index in [1.54, 1.807) is 0 Å². The number of carbonyl (C=O) groups is 1. The Labute approximate surface area is 177 Å². The lowest BCUT2D eigenvalue weighted by molar-refractivity contribution is 0.0712. The zero-order chi connectivity index (χ0) is 20.9. The van der Waals surface area contributed by atoms with Crippen LogP contribution < -0.4 is 4.74 Å². The lowest BCUT2D eigenvalue weighted by Crippen LogP contribution is -2.38. The molecule has 0 unspecified atom stereocenters. The normalized spacial score (nSPS) is 14.5. The number of ether oxygens (including phenoxy) is 1. The fourth-order valence-electron chi connectivity index (χ4n) is 3.78. The summed E-state index contributed by atoms with van der Waals surface area (Å²) in [6, 6.07) is 19.5. The summed E-state index contributed by atoms with van der Waals surface area (Å²) < 4.78 is 5.89. The second-order valence-electron chi connectivity index (χ2n) is 7.79. The maximum absolute atomic E-state index is 12.9. The molecule has 2 heterocycles. The van der Waals surface area contributed by atoms with E-state index >= 15 is 0 Å². The van der Waals surface area contributed by atoms with Crippen molar-refractivity contribution in [1.29, 1.82) is 0 Å². The molecule has 1 saturated heterocycles. The average molecular weight is 402 g/mol. The van der Waals surface area contributed by atoms with Crippen molar-refractivity contribution in [3.8, 4) is 11.5 Å². The number of hydrogen-bond acceptors (Lipinski definition) is 4. The fraction of sp³-hybridized carbons (Fsp3) is 0.320. The van der Waals surface area contributed by atoms with Crippen molar-refractivity contribution in [3.05, 3.63) is 83.2 Å². The van der Waals surface area contributed by atoms with Gasteiger partial charge in [0.25, 0.3) is 5.91 Å². The molecule has 0 spiro atoms. The molecule has 0 N–H and O–H groups in total. The van der Waals surface area contributed by atoms with Crippen LogP contribution >= 0.6 is 0 Å². The molecule has 1 aliphatic rings. The van der Waals surface area contributed by atoms with E-state index in [1.807, 2.05) is 54.3 Å². The summed E-state index contributed by atoms with van der Waals surface area (Å²) in [5, 5.41) is 8.48. The van der Waals surface area contributed by atoms with Crippen molar-refractivity contribution in [3.63, 3.8) is 0 Å². The van der Waals surface area contributed by atoms with Gasteiger partial charge in [0.1, 0.15) is 11.5 Å². The third kappa shape index (κ3) is 4.67. The van der Waals surface area contributed by atoms with Gasteiger partial charge in [0.2, 0.25) is 0 Å². The number of carbonyl (C=O) groups excluding carboxylic acids is 1. The Hall–Kier alpha value is -3.21. The first-order valence-electron chi connectivity index (χ1n) is 10.6. The van der Waals surface area contributed by atoms with Gasteiger partial charge in [0.05, 0.1) is 11.4 Å². The number of benzene rings is 2. The smallest absolute Gasteiger partial charge is 0.253 e. The monoisotopic (exact) mass is 401 g/mol. The van der Waals surface area contributed by atoms with Gasteiger partial charge in [-0.05, 0) is 80.3 Å². The summed E-state index contributed by atoms with van der Waals surface area (Å²) in [7, 11) is 0. The summed E-state index contributed by atoms with van der Waals surface area (Å²) in [4.78, 5) is 14.8. The number of aryl methyl sites for hydroxylation is 2. The minimum absolute atomic E-state index is 0.0716. The Kier molecular flexibility index (Phi) is 6.07. The molecule has 5 nitrogen and oxygen atoms in total. The van der Waals surface area contributed by atoms with Crippen LogP contribution in [0.2, 0.25) is 0 Å². The molecule has 2 aromatic carbocycles. The van der Waals surface area contributed by atoms with Crippen molar-refractivity contribution in [1.82, 2.24) is 15.1 Å². The molecule has 3 aromatic rings. The topological polar surface area (TPSA) is 55.3 Å². The summed E-state index contributed by atoms with van der Waals surface area (Å²) in [5.74, 6) is 1.97. The number of hydrogen-bond donors (Lipinski definition) is 0. The van der Waals surface area contributed by atoms with E-state index in [9.17, 15) is 4.79 Å². The molecule has 1 aromatic heterocycles. The number of piperidine rings is 1. The van der Waals surface area contributed by atoms with Gasteiger partial charge in [0, 0.05) is 24.6 Å². The molecule has 30 heavy (non-hydrogen) atoms. The van der Waals surface area contributed by atoms with Gasteiger partial charge in [-0.3, -0.25) is 4.79 Å². The first-order chi connectivity index (χ1) is 14.6. The first-order valence-corrected chi connectivity index (χ1v) is 10.6. The van der Waals surface area contributed by atoms with Crippen molar-refractivity contribution < 1.29 is 9.53 Å². The van der Waals surface area contributed by atoms with Crippen LogP contribution in [0.25, 0.3) is 0 Å². The first kappa shape index (κ1) is 20.1. The Morgan fingerprint density at radius 1 is 0.933 bits per heavy atom. The highest BCUT2D eigenvalue weighted by Gasteiger charge is 2.25. The molecule has 4 rings (SSSR count). The minimum atomic E-state index is 0.0716. The van der Waals surface area contributed by atoms with Crippen LogP contribution in [0.4, 0.5) is 0 Å². The predicted octanol–water partition coefficient (Wildman–Crippen LogP) is 5.16. The van der Waals surface area contributed by atoms with E-state index in [2.05, 4.69) is 35.3 Å². The number of amides is 1. The zero-order valence-electron chi connectivity index (χ0n) is 17.5. The number of nitrogens with zero attached hydrogens (tertiary/aromatic N) is 3. The Balaban J connectivity index is 1.34. The molecule has 0 aliphatic carbocycles. The van der Waals surface area contributed by atoms with Crippen LogP contribution in [0.15, 0.2) is 60.7 Å². The quantitative estimate of drug-likeness (QED) is 0.593. The van der Waals surface area contributed by atoms with Crippen molar-refractivity contribution >= 4 is 5.91 Å². The van der Waals surface area contributed by atoms with Crippen LogP contribution in [0.1, 0.15) is 53.0 Å². The molecule has 1 fully saturated rings. The molecular weight excluding hydrogens is 374 g/mol. The molecule has 1 amide bonds. The van der Waals surface area contributed by atoms with Gasteiger partial charge in [0.15, 0.2) is 0 Å². The van der Waals surface area contributed by atoms with E-state index in [0.29, 0.717) is 11.5 Å². The Morgan fingerprint density at radius 2 is 1.57 bits per heavy atom. The zero-order valence-corrected chi connectivity index (χ0v) is 17.5. The van der Waals surface area contributed by atoms with Gasteiger partial charge in [-0.15, -0.1) is 0 Å². The third-order valence-electron chi connectivity index (χ3n) is 5.69. The van der Waals surface area contributed by atoms with Gasteiger partial charge in [-0.2, -0.15) is 10.2 Å². The van der Waals surface area contributed by atoms with E-state index < -0.39 is 0 Å². The summed E-state index contributed by atoms with van der Waals surface area (Å²) in [5.41, 5.74) is 3.93. The highest BCUT2D eigenvalue weighted by molar-refractivity contribution is 5.94. The van der Waals surface area contributed by atoms with E-state index in [-0.39, 0.29) is 5.91 Å². The summed E-state index contributed by atoms with van der Waals surface area (Å²) in [6.45, 7) is 5.54. The van der Waals surface area contributed by atoms with E-state index in [1.165, 1.54) is 5.56 Å². The van der Waals surface area contributed by atoms with Crippen LogP contribution in [0.5, 0.6) is 11.5 Å².